The number of carbonyl (C=O) groups excluding carboxylic acids is 1. The second-order valence-electron chi connectivity index (χ2n) is 4.15. The number of carbonyl (C=O) groups is 2. The van der Waals surface area contributed by atoms with Gasteiger partial charge >= 0.3 is 5.97 Å². The van der Waals surface area contributed by atoms with Gasteiger partial charge in [0.15, 0.2) is 6.10 Å². The first-order chi connectivity index (χ1) is 7.99. The number of carboxylic acids is 1. The van der Waals surface area contributed by atoms with Gasteiger partial charge in [0.1, 0.15) is 5.75 Å². The van der Waals surface area contributed by atoms with E-state index < -0.39 is 23.9 Å². The molecular weight excluding hydrogens is 222 g/mol. The summed E-state index contributed by atoms with van der Waals surface area (Å²) in [6.45, 7) is 3.35. The average molecular weight is 235 g/mol. The highest BCUT2D eigenvalue weighted by atomic mass is 16.5. The van der Waals surface area contributed by atoms with E-state index in [1.54, 1.807) is 12.1 Å². The van der Waals surface area contributed by atoms with Gasteiger partial charge in [-0.25, -0.2) is 0 Å². The second kappa shape index (κ2) is 4.08. The van der Waals surface area contributed by atoms with E-state index in [2.05, 4.69) is 5.32 Å². The number of hydrogen-bond donors (Lipinski definition) is 2. The van der Waals surface area contributed by atoms with E-state index in [0.29, 0.717) is 11.4 Å². The van der Waals surface area contributed by atoms with Gasteiger partial charge in [-0.2, -0.15) is 0 Å². The maximum absolute atomic E-state index is 11.7. The molecule has 90 valence electrons. The van der Waals surface area contributed by atoms with Crippen molar-refractivity contribution in [2.24, 2.45) is 5.92 Å². The molecule has 0 saturated heterocycles. The minimum absolute atomic E-state index is 0.419. The van der Waals surface area contributed by atoms with E-state index in [4.69, 9.17) is 9.84 Å². The number of amides is 1. The van der Waals surface area contributed by atoms with Crippen molar-refractivity contribution in [2.75, 3.05) is 5.32 Å². The SMILES string of the molecule is Cc1ccc2c(c1)NC(=O)C(C(C)C(=O)O)O2. The van der Waals surface area contributed by atoms with Crippen LogP contribution in [0.15, 0.2) is 18.2 Å². The number of benzene rings is 1. The van der Waals surface area contributed by atoms with Crippen LogP contribution in [-0.2, 0) is 9.59 Å². The standard InChI is InChI=1S/C12H13NO4/c1-6-3-4-9-8(5-6)13-11(14)10(17-9)7(2)12(15)16/h3-5,7,10H,1-2H3,(H,13,14)(H,15,16). The molecule has 5 heteroatoms. The Hall–Kier alpha value is -2.04. The van der Waals surface area contributed by atoms with Crippen molar-refractivity contribution in [3.05, 3.63) is 23.8 Å². The molecule has 0 aromatic heterocycles. The molecule has 2 rings (SSSR count). The molecule has 5 nitrogen and oxygen atoms in total. The number of fused-ring (bicyclic) bond motifs is 1. The lowest BCUT2D eigenvalue weighted by Gasteiger charge is -2.28. The van der Waals surface area contributed by atoms with Crippen LogP contribution in [0, 0.1) is 12.8 Å². The zero-order valence-corrected chi connectivity index (χ0v) is 9.56. The van der Waals surface area contributed by atoms with Gasteiger partial charge in [0.25, 0.3) is 5.91 Å². The highest BCUT2D eigenvalue weighted by Crippen LogP contribution is 2.32. The Morgan fingerprint density at radius 3 is 2.88 bits per heavy atom. The molecular formula is C12H13NO4. The summed E-state index contributed by atoms with van der Waals surface area (Å²) in [6, 6.07) is 5.36. The van der Waals surface area contributed by atoms with Gasteiger partial charge in [0.2, 0.25) is 0 Å². The summed E-state index contributed by atoms with van der Waals surface area (Å²) in [5, 5.41) is 11.5. The Kier molecular flexibility index (Phi) is 2.75. The molecule has 0 saturated carbocycles. The summed E-state index contributed by atoms with van der Waals surface area (Å²) in [5.74, 6) is -1.85. The Morgan fingerprint density at radius 1 is 1.53 bits per heavy atom. The van der Waals surface area contributed by atoms with Crippen molar-refractivity contribution in [1.82, 2.24) is 0 Å². The first-order valence-electron chi connectivity index (χ1n) is 5.30. The van der Waals surface area contributed by atoms with E-state index in [0.717, 1.165) is 5.56 Å². The molecule has 17 heavy (non-hydrogen) atoms. The van der Waals surface area contributed by atoms with E-state index >= 15 is 0 Å². The minimum Gasteiger partial charge on any atom is -0.481 e. The molecule has 1 aromatic rings. The first-order valence-corrected chi connectivity index (χ1v) is 5.30. The number of rotatable bonds is 2. The van der Waals surface area contributed by atoms with Crippen molar-refractivity contribution >= 4 is 17.6 Å². The Bertz CT molecular complexity index is 483. The fraction of sp³-hybridized carbons (Fsp3) is 0.333. The quantitative estimate of drug-likeness (QED) is 0.812. The lowest BCUT2D eigenvalue weighted by atomic mass is 10.0. The van der Waals surface area contributed by atoms with E-state index in [-0.39, 0.29) is 0 Å². The molecule has 2 unspecified atom stereocenters. The van der Waals surface area contributed by atoms with Crippen molar-refractivity contribution in [1.29, 1.82) is 0 Å². The van der Waals surface area contributed by atoms with Crippen molar-refractivity contribution < 1.29 is 19.4 Å². The molecule has 1 aliphatic heterocycles. The number of anilines is 1. The van der Waals surface area contributed by atoms with Crippen LogP contribution < -0.4 is 10.1 Å². The number of carboxylic acid groups (broad SMARTS) is 1. The zero-order chi connectivity index (χ0) is 12.6. The summed E-state index contributed by atoms with van der Waals surface area (Å²) < 4.78 is 5.43. The van der Waals surface area contributed by atoms with E-state index in [9.17, 15) is 9.59 Å². The minimum atomic E-state index is -1.05. The first kappa shape index (κ1) is 11.4. The molecule has 0 radical (unpaired) electrons. The second-order valence-corrected chi connectivity index (χ2v) is 4.15. The van der Waals surface area contributed by atoms with E-state index in [1.807, 2.05) is 13.0 Å². The van der Waals surface area contributed by atoms with Crippen molar-refractivity contribution in [3.63, 3.8) is 0 Å². The van der Waals surface area contributed by atoms with Gasteiger partial charge in [-0.05, 0) is 31.5 Å². The fourth-order valence-corrected chi connectivity index (χ4v) is 1.70. The average Bonchev–Trinajstić information content (AvgIpc) is 2.27. The lowest BCUT2D eigenvalue weighted by Crippen LogP contribution is -2.44. The van der Waals surface area contributed by atoms with Crippen LogP contribution in [0.3, 0.4) is 0 Å². The van der Waals surface area contributed by atoms with E-state index in [1.165, 1.54) is 6.92 Å². The summed E-state index contributed by atoms with van der Waals surface area (Å²) in [6.07, 6.45) is -0.984. The smallest absolute Gasteiger partial charge is 0.310 e. The molecule has 1 amide bonds. The van der Waals surface area contributed by atoms with Gasteiger partial charge in [-0.1, -0.05) is 6.07 Å². The van der Waals surface area contributed by atoms with Crippen LogP contribution in [0.2, 0.25) is 0 Å². The van der Waals surface area contributed by atoms with Crippen LogP contribution in [0.1, 0.15) is 12.5 Å². The normalized spacial score (nSPS) is 19.9. The highest BCUT2D eigenvalue weighted by molar-refractivity contribution is 6.00. The van der Waals surface area contributed by atoms with Crippen molar-refractivity contribution in [3.8, 4) is 5.75 Å². The van der Waals surface area contributed by atoms with Gasteiger partial charge < -0.3 is 15.2 Å². The van der Waals surface area contributed by atoms with Crippen LogP contribution in [0.25, 0.3) is 0 Å². The maximum Gasteiger partial charge on any atom is 0.310 e. The summed E-state index contributed by atoms with van der Waals surface area (Å²) in [5.41, 5.74) is 1.58. The largest absolute Gasteiger partial charge is 0.481 e. The van der Waals surface area contributed by atoms with Crippen LogP contribution >= 0.6 is 0 Å². The van der Waals surface area contributed by atoms with Gasteiger partial charge in [-0.15, -0.1) is 0 Å². The third kappa shape index (κ3) is 2.08. The Morgan fingerprint density at radius 2 is 2.24 bits per heavy atom. The number of aryl methyl sites for hydroxylation is 1. The third-order valence-electron chi connectivity index (χ3n) is 2.75. The molecule has 0 bridgehead atoms. The van der Waals surface area contributed by atoms with Crippen molar-refractivity contribution in [2.45, 2.75) is 20.0 Å². The molecule has 1 heterocycles. The Balaban J connectivity index is 2.30. The third-order valence-corrected chi connectivity index (χ3v) is 2.75. The van der Waals surface area contributed by atoms with Gasteiger partial charge in [-0.3, -0.25) is 9.59 Å². The lowest BCUT2D eigenvalue weighted by molar-refractivity contribution is -0.147. The van der Waals surface area contributed by atoms with Crippen LogP contribution in [0.4, 0.5) is 5.69 Å². The fourth-order valence-electron chi connectivity index (χ4n) is 1.70. The number of hydrogen-bond acceptors (Lipinski definition) is 3. The number of nitrogens with one attached hydrogen (secondary N) is 1. The monoisotopic (exact) mass is 235 g/mol. The molecule has 2 N–H and O–H groups in total. The highest BCUT2D eigenvalue weighted by Gasteiger charge is 2.36. The molecule has 0 aliphatic carbocycles. The van der Waals surface area contributed by atoms with Gasteiger partial charge in [0, 0.05) is 0 Å². The molecule has 2 atom stereocenters. The van der Waals surface area contributed by atoms with Gasteiger partial charge in [0.05, 0.1) is 11.6 Å². The molecule has 0 spiro atoms. The summed E-state index contributed by atoms with van der Waals surface area (Å²) >= 11 is 0. The summed E-state index contributed by atoms with van der Waals surface area (Å²) in [4.78, 5) is 22.6. The summed E-state index contributed by atoms with van der Waals surface area (Å²) in [7, 11) is 0. The molecule has 0 fully saturated rings. The molecule has 1 aliphatic rings. The van der Waals surface area contributed by atoms with Crippen LogP contribution in [-0.4, -0.2) is 23.1 Å². The van der Waals surface area contributed by atoms with Crippen LogP contribution in [0.5, 0.6) is 5.75 Å². The zero-order valence-electron chi connectivity index (χ0n) is 9.56. The maximum atomic E-state index is 11.7. The number of ether oxygens (including phenoxy) is 1. The number of aliphatic carboxylic acids is 1. The Labute approximate surface area is 98.4 Å². The topological polar surface area (TPSA) is 75.6 Å². The predicted molar refractivity (Wildman–Crippen MR) is 61.0 cm³/mol. The molecule has 1 aromatic carbocycles. The predicted octanol–water partition coefficient (Wildman–Crippen LogP) is 1.42.